The topological polar surface area (TPSA) is 20.3 Å². The van der Waals surface area contributed by atoms with E-state index in [2.05, 4.69) is 33.8 Å². The molecule has 0 aliphatic carbocycles. The molecule has 0 fully saturated rings. The SMILES string of the molecule is CC(C)c1cc2c(s1)C(=O)N(C(C)C)C2. The van der Waals surface area contributed by atoms with E-state index < -0.39 is 0 Å². The van der Waals surface area contributed by atoms with Gasteiger partial charge in [0.05, 0.1) is 4.88 Å². The summed E-state index contributed by atoms with van der Waals surface area (Å²) in [4.78, 5) is 16.2. The first-order valence-corrected chi connectivity index (χ1v) is 6.26. The van der Waals surface area contributed by atoms with Crippen LogP contribution in [-0.4, -0.2) is 16.8 Å². The molecule has 0 saturated carbocycles. The van der Waals surface area contributed by atoms with E-state index in [-0.39, 0.29) is 5.91 Å². The normalized spacial score (nSPS) is 15.6. The third kappa shape index (κ3) is 1.69. The zero-order valence-electron chi connectivity index (χ0n) is 9.70. The van der Waals surface area contributed by atoms with Crippen LogP contribution in [0.15, 0.2) is 6.07 Å². The van der Waals surface area contributed by atoms with E-state index in [1.807, 2.05) is 4.90 Å². The Labute approximate surface area is 94.9 Å². The van der Waals surface area contributed by atoms with E-state index in [9.17, 15) is 4.79 Å². The molecule has 2 rings (SSSR count). The third-order valence-corrected chi connectivity index (χ3v) is 4.28. The number of hydrogen-bond acceptors (Lipinski definition) is 2. The van der Waals surface area contributed by atoms with Gasteiger partial charge >= 0.3 is 0 Å². The molecule has 0 aromatic carbocycles. The lowest BCUT2D eigenvalue weighted by Crippen LogP contribution is -2.30. The first kappa shape index (κ1) is 10.7. The van der Waals surface area contributed by atoms with Crippen molar-refractivity contribution >= 4 is 17.2 Å². The molecule has 0 saturated heterocycles. The molecule has 0 atom stereocenters. The lowest BCUT2D eigenvalue weighted by atomic mass is 10.1. The van der Waals surface area contributed by atoms with Gasteiger partial charge in [-0.3, -0.25) is 4.79 Å². The fourth-order valence-corrected chi connectivity index (χ4v) is 2.97. The largest absolute Gasteiger partial charge is 0.331 e. The van der Waals surface area contributed by atoms with Gasteiger partial charge < -0.3 is 4.90 Å². The minimum absolute atomic E-state index is 0.219. The average molecular weight is 223 g/mol. The van der Waals surface area contributed by atoms with Gasteiger partial charge in [-0.15, -0.1) is 11.3 Å². The first-order chi connectivity index (χ1) is 7.00. The third-order valence-electron chi connectivity index (χ3n) is 2.82. The Hall–Kier alpha value is -0.830. The van der Waals surface area contributed by atoms with Crippen molar-refractivity contribution < 1.29 is 4.79 Å². The Morgan fingerprint density at radius 1 is 1.33 bits per heavy atom. The van der Waals surface area contributed by atoms with Crippen LogP contribution in [0.3, 0.4) is 0 Å². The molecule has 0 unspecified atom stereocenters. The molecule has 1 aromatic heterocycles. The van der Waals surface area contributed by atoms with Crippen molar-refractivity contribution in [2.45, 2.75) is 46.2 Å². The second-order valence-corrected chi connectivity index (χ2v) is 5.77. The lowest BCUT2D eigenvalue weighted by Gasteiger charge is -2.20. The maximum absolute atomic E-state index is 12.0. The molecule has 0 bridgehead atoms. The summed E-state index contributed by atoms with van der Waals surface area (Å²) < 4.78 is 0. The lowest BCUT2D eigenvalue weighted by molar-refractivity contribution is 0.0734. The van der Waals surface area contributed by atoms with Gasteiger partial charge in [-0.25, -0.2) is 0 Å². The summed E-state index contributed by atoms with van der Waals surface area (Å²) in [5.41, 5.74) is 1.22. The highest BCUT2D eigenvalue weighted by atomic mass is 32.1. The van der Waals surface area contributed by atoms with Crippen molar-refractivity contribution in [2.75, 3.05) is 0 Å². The highest BCUT2D eigenvalue weighted by molar-refractivity contribution is 7.14. The van der Waals surface area contributed by atoms with Crippen molar-refractivity contribution in [2.24, 2.45) is 0 Å². The maximum Gasteiger partial charge on any atom is 0.264 e. The molecule has 0 radical (unpaired) electrons. The first-order valence-electron chi connectivity index (χ1n) is 5.44. The summed E-state index contributed by atoms with van der Waals surface area (Å²) in [5, 5.41) is 0. The molecule has 0 spiro atoms. The summed E-state index contributed by atoms with van der Waals surface area (Å²) in [6.45, 7) is 9.28. The fourth-order valence-electron chi connectivity index (χ4n) is 1.84. The molecule has 1 aliphatic rings. The number of hydrogen-bond donors (Lipinski definition) is 0. The Morgan fingerprint density at radius 3 is 2.47 bits per heavy atom. The van der Waals surface area contributed by atoms with Crippen LogP contribution in [0.5, 0.6) is 0 Å². The summed E-state index contributed by atoms with van der Waals surface area (Å²) in [6.07, 6.45) is 0. The minimum atomic E-state index is 0.219. The Balaban J connectivity index is 2.30. The van der Waals surface area contributed by atoms with Crippen LogP contribution in [0.25, 0.3) is 0 Å². The van der Waals surface area contributed by atoms with Crippen LogP contribution in [0.2, 0.25) is 0 Å². The van der Waals surface area contributed by atoms with E-state index in [0.717, 1.165) is 11.4 Å². The van der Waals surface area contributed by atoms with Gasteiger partial charge in [0.25, 0.3) is 5.91 Å². The minimum Gasteiger partial charge on any atom is -0.331 e. The molecule has 3 heteroatoms. The Morgan fingerprint density at radius 2 is 2.00 bits per heavy atom. The molecule has 15 heavy (non-hydrogen) atoms. The molecule has 1 aromatic rings. The summed E-state index contributed by atoms with van der Waals surface area (Å²) in [5.74, 6) is 0.748. The van der Waals surface area contributed by atoms with E-state index in [0.29, 0.717) is 12.0 Å². The highest BCUT2D eigenvalue weighted by Crippen LogP contribution is 2.35. The van der Waals surface area contributed by atoms with Gasteiger partial charge in [0, 0.05) is 17.5 Å². The molecule has 1 aliphatic heterocycles. The predicted octanol–water partition coefficient (Wildman–Crippen LogP) is 3.24. The molecular weight excluding hydrogens is 206 g/mol. The van der Waals surface area contributed by atoms with E-state index in [1.54, 1.807) is 11.3 Å². The molecule has 1 amide bonds. The maximum atomic E-state index is 12.0. The second-order valence-electron chi connectivity index (χ2n) is 4.68. The van der Waals surface area contributed by atoms with Crippen molar-refractivity contribution in [3.05, 3.63) is 21.4 Å². The van der Waals surface area contributed by atoms with Gasteiger partial charge in [-0.1, -0.05) is 13.8 Å². The summed E-state index contributed by atoms with van der Waals surface area (Å²) in [7, 11) is 0. The molecule has 82 valence electrons. The van der Waals surface area contributed by atoms with Crippen molar-refractivity contribution in [3.63, 3.8) is 0 Å². The Kier molecular flexibility index (Phi) is 2.59. The summed E-state index contributed by atoms with van der Waals surface area (Å²) in [6, 6.07) is 2.50. The number of thiophene rings is 1. The van der Waals surface area contributed by atoms with Gasteiger partial charge in [0.1, 0.15) is 0 Å². The summed E-state index contributed by atoms with van der Waals surface area (Å²) >= 11 is 1.67. The smallest absolute Gasteiger partial charge is 0.264 e. The van der Waals surface area contributed by atoms with Crippen LogP contribution in [0.4, 0.5) is 0 Å². The van der Waals surface area contributed by atoms with Gasteiger partial charge in [0.15, 0.2) is 0 Å². The molecular formula is C12H17NOS. The quantitative estimate of drug-likeness (QED) is 0.753. The fraction of sp³-hybridized carbons (Fsp3) is 0.583. The zero-order valence-corrected chi connectivity index (χ0v) is 10.5. The number of rotatable bonds is 2. The number of amides is 1. The highest BCUT2D eigenvalue weighted by Gasteiger charge is 2.31. The van der Waals surface area contributed by atoms with Crippen LogP contribution >= 0.6 is 11.3 Å². The predicted molar refractivity (Wildman–Crippen MR) is 63.4 cm³/mol. The van der Waals surface area contributed by atoms with E-state index >= 15 is 0 Å². The van der Waals surface area contributed by atoms with Crippen LogP contribution in [0, 0.1) is 0 Å². The van der Waals surface area contributed by atoms with Crippen LogP contribution < -0.4 is 0 Å². The zero-order chi connectivity index (χ0) is 11.2. The van der Waals surface area contributed by atoms with E-state index in [4.69, 9.17) is 0 Å². The molecule has 2 heterocycles. The van der Waals surface area contributed by atoms with Crippen molar-refractivity contribution in [1.82, 2.24) is 4.90 Å². The average Bonchev–Trinajstić information content (AvgIpc) is 2.65. The van der Waals surface area contributed by atoms with Crippen LogP contribution in [0.1, 0.15) is 53.7 Å². The standard InChI is InChI=1S/C12H17NOS/c1-7(2)10-5-9-6-13(8(3)4)12(14)11(9)15-10/h5,7-8H,6H2,1-4H3. The molecule has 0 N–H and O–H groups in total. The van der Waals surface area contributed by atoms with E-state index in [1.165, 1.54) is 10.4 Å². The van der Waals surface area contributed by atoms with Gasteiger partial charge in [-0.2, -0.15) is 0 Å². The Bertz CT molecular complexity index is 392. The molecule has 2 nitrogen and oxygen atoms in total. The number of fused-ring (bicyclic) bond motifs is 1. The van der Waals surface area contributed by atoms with Gasteiger partial charge in [-0.05, 0) is 31.4 Å². The van der Waals surface area contributed by atoms with Crippen molar-refractivity contribution in [1.29, 1.82) is 0 Å². The number of carbonyl (C=O) groups excluding carboxylic acids is 1. The van der Waals surface area contributed by atoms with Crippen molar-refractivity contribution in [3.8, 4) is 0 Å². The number of carbonyl (C=O) groups is 1. The monoisotopic (exact) mass is 223 g/mol. The van der Waals surface area contributed by atoms with Crippen LogP contribution in [-0.2, 0) is 6.54 Å². The number of nitrogens with zero attached hydrogens (tertiary/aromatic N) is 1. The second kappa shape index (κ2) is 3.63. The van der Waals surface area contributed by atoms with Gasteiger partial charge in [0.2, 0.25) is 0 Å².